The van der Waals surface area contributed by atoms with Crippen molar-refractivity contribution >= 4 is 33.4 Å². The Morgan fingerprint density at radius 3 is 3.11 bits per heavy atom. The molecule has 0 saturated carbocycles. The summed E-state index contributed by atoms with van der Waals surface area (Å²) in [6.07, 6.45) is 2.24. The smallest absolute Gasteiger partial charge is 0.255 e. The summed E-state index contributed by atoms with van der Waals surface area (Å²) in [6.45, 7) is 2.58. The lowest BCUT2D eigenvalue weighted by Gasteiger charge is -2.33. The highest BCUT2D eigenvalue weighted by Gasteiger charge is 2.25. The quantitative estimate of drug-likeness (QED) is 0.912. The fourth-order valence-corrected chi connectivity index (χ4v) is 3.10. The van der Waals surface area contributed by atoms with E-state index in [-0.39, 0.29) is 5.91 Å². The third-order valence-corrected chi connectivity index (χ3v) is 4.28. The first kappa shape index (κ1) is 14.8. The third-order valence-electron chi connectivity index (χ3n) is 3.46. The molecule has 2 rings (SSSR count). The van der Waals surface area contributed by atoms with Crippen LogP contribution in [0.3, 0.4) is 0 Å². The second-order valence-corrected chi connectivity index (χ2v) is 6.26. The van der Waals surface area contributed by atoms with E-state index in [2.05, 4.69) is 21.2 Å². The van der Waals surface area contributed by atoms with Crippen molar-refractivity contribution < 1.29 is 4.79 Å². The topological polar surface area (TPSA) is 32.3 Å². The summed E-state index contributed by atoms with van der Waals surface area (Å²) in [5, 5.41) is 3.70. The molecule has 1 aliphatic rings. The molecule has 1 aliphatic heterocycles. The summed E-state index contributed by atoms with van der Waals surface area (Å²) >= 11 is 9.51. The number of hydrogen-bond acceptors (Lipinski definition) is 2. The van der Waals surface area contributed by atoms with Gasteiger partial charge in [0.15, 0.2) is 0 Å². The van der Waals surface area contributed by atoms with Crippen molar-refractivity contribution in [1.82, 2.24) is 10.2 Å². The van der Waals surface area contributed by atoms with Crippen molar-refractivity contribution in [3.05, 3.63) is 33.3 Å². The monoisotopic (exact) mass is 344 g/mol. The maximum absolute atomic E-state index is 12.5. The van der Waals surface area contributed by atoms with Gasteiger partial charge in [-0.3, -0.25) is 4.79 Å². The summed E-state index contributed by atoms with van der Waals surface area (Å²) in [6, 6.07) is 5.40. The standard InChI is InChI=1S/C14H18BrClN2O/c1-17-8-10-3-2-6-18(9-10)14(19)12-7-11(15)4-5-13(12)16/h4-5,7,10,17H,2-3,6,8-9H2,1H3/t10-/m0/s1. The average molecular weight is 346 g/mol. The van der Waals surface area contributed by atoms with Crippen LogP contribution >= 0.6 is 27.5 Å². The van der Waals surface area contributed by atoms with Gasteiger partial charge in [0.1, 0.15) is 0 Å². The SMILES string of the molecule is CNC[C@@H]1CCCN(C(=O)c2cc(Br)ccc2Cl)C1. The van der Waals surface area contributed by atoms with Gasteiger partial charge in [0.05, 0.1) is 10.6 Å². The summed E-state index contributed by atoms with van der Waals surface area (Å²) in [7, 11) is 1.95. The van der Waals surface area contributed by atoms with Crippen LogP contribution in [0.2, 0.25) is 5.02 Å². The molecule has 1 amide bonds. The predicted molar refractivity (Wildman–Crippen MR) is 81.7 cm³/mol. The molecule has 3 nitrogen and oxygen atoms in total. The van der Waals surface area contributed by atoms with Crippen molar-refractivity contribution in [2.45, 2.75) is 12.8 Å². The number of benzene rings is 1. The summed E-state index contributed by atoms with van der Waals surface area (Å²) in [4.78, 5) is 14.4. The number of rotatable bonds is 3. The Hall–Kier alpha value is -0.580. The summed E-state index contributed by atoms with van der Waals surface area (Å²) < 4.78 is 0.879. The minimum absolute atomic E-state index is 0.0344. The van der Waals surface area contributed by atoms with Crippen molar-refractivity contribution in [3.8, 4) is 0 Å². The van der Waals surface area contributed by atoms with Gasteiger partial charge in [0, 0.05) is 17.6 Å². The highest BCUT2D eigenvalue weighted by Crippen LogP contribution is 2.24. The number of carbonyl (C=O) groups excluding carboxylic acids is 1. The molecule has 104 valence electrons. The molecule has 19 heavy (non-hydrogen) atoms. The van der Waals surface area contributed by atoms with Crippen LogP contribution in [0, 0.1) is 5.92 Å². The van der Waals surface area contributed by atoms with E-state index in [1.807, 2.05) is 18.0 Å². The molecule has 0 spiro atoms. The molecule has 1 saturated heterocycles. The van der Waals surface area contributed by atoms with Gasteiger partial charge >= 0.3 is 0 Å². The lowest BCUT2D eigenvalue weighted by molar-refractivity contribution is 0.0674. The van der Waals surface area contributed by atoms with E-state index in [4.69, 9.17) is 11.6 Å². The number of hydrogen-bond donors (Lipinski definition) is 1. The number of nitrogens with one attached hydrogen (secondary N) is 1. The van der Waals surface area contributed by atoms with Crippen LogP contribution in [0.25, 0.3) is 0 Å². The summed E-state index contributed by atoms with van der Waals surface area (Å²) in [5.74, 6) is 0.570. The molecule has 0 aliphatic carbocycles. The Labute approximate surface area is 127 Å². The molecule has 1 N–H and O–H groups in total. The van der Waals surface area contributed by atoms with Crippen LogP contribution < -0.4 is 5.32 Å². The number of carbonyl (C=O) groups is 1. The average Bonchev–Trinajstić information content (AvgIpc) is 2.41. The molecule has 1 aromatic rings. The van der Waals surface area contributed by atoms with Gasteiger partial charge in [-0.15, -0.1) is 0 Å². The molecule has 1 heterocycles. The minimum atomic E-state index is 0.0344. The van der Waals surface area contributed by atoms with E-state index < -0.39 is 0 Å². The van der Waals surface area contributed by atoms with Crippen molar-refractivity contribution in [3.63, 3.8) is 0 Å². The zero-order chi connectivity index (χ0) is 13.8. The van der Waals surface area contributed by atoms with Crippen molar-refractivity contribution in [2.75, 3.05) is 26.7 Å². The molecule has 1 atom stereocenters. The zero-order valence-electron chi connectivity index (χ0n) is 11.0. The molecular weight excluding hydrogens is 328 g/mol. The van der Waals surface area contributed by atoms with Gasteiger partial charge in [-0.25, -0.2) is 0 Å². The van der Waals surface area contributed by atoms with Gasteiger partial charge in [0.2, 0.25) is 0 Å². The van der Waals surface area contributed by atoms with E-state index in [1.165, 1.54) is 6.42 Å². The largest absolute Gasteiger partial charge is 0.338 e. The van der Waals surface area contributed by atoms with Gasteiger partial charge in [-0.05, 0) is 50.6 Å². The van der Waals surface area contributed by atoms with Gasteiger partial charge < -0.3 is 10.2 Å². The normalized spacial score (nSPS) is 19.5. The maximum Gasteiger partial charge on any atom is 0.255 e. The van der Waals surface area contributed by atoms with Crippen LogP contribution in [0.15, 0.2) is 22.7 Å². The van der Waals surface area contributed by atoms with Crippen molar-refractivity contribution in [2.24, 2.45) is 5.92 Å². The highest BCUT2D eigenvalue weighted by atomic mass is 79.9. The Kier molecular flexibility index (Phi) is 5.25. The first-order valence-corrected chi connectivity index (χ1v) is 7.68. The molecular formula is C14H18BrClN2O. The minimum Gasteiger partial charge on any atom is -0.338 e. The molecule has 0 aromatic heterocycles. The lowest BCUT2D eigenvalue weighted by Crippen LogP contribution is -2.42. The fourth-order valence-electron chi connectivity index (χ4n) is 2.54. The van der Waals surface area contributed by atoms with E-state index >= 15 is 0 Å². The first-order valence-electron chi connectivity index (χ1n) is 6.50. The number of halogens is 2. The lowest BCUT2D eigenvalue weighted by atomic mass is 9.97. The second-order valence-electron chi connectivity index (χ2n) is 4.94. The predicted octanol–water partition coefficient (Wildman–Crippen LogP) is 3.17. The molecule has 0 unspecified atom stereocenters. The number of piperidine rings is 1. The third kappa shape index (κ3) is 3.71. The van der Waals surface area contributed by atoms with Gasteiger partial charge in [-0.2, -0.15) is 0 Å². The van der Waals surface area contributed by atoms with Crippen LogP contribution in [0.5, 0.6) is 0 Å². The van der Waals surface area contributed by atoms with Crippen LogP contribution in [-0.4, -0.2) is 37.5 Å². The molecule has 1 aromatic carbocycles. The van der Waals surface area contributed by atoms with Gasteiger partial charge in [0.25, 0.3) is 5.91 Å². The maximum atomic E-state index is 12.5. The number of likely N-dealkylation sites (tertiary alicyclic amines) is 1. The van der Waals surface area contributed by atoms with E-state index in [1.54, 1.807) is 12.1 Å². The zero-order valence-corrected chi connectivity index (χ0v) is 13.3. The molecule has 1 fully saturated rings. The Balaban J connectivity index is 2.12. The van der Waals surface area contributed by atoms with Crippen LogP contribution in [0.1, 0.15) is 23.2 Å². The molecule has 0 bridgehead atoms. The second kappa shape index (κ2) is 6.73. The van der Waals surface area contributed by atoms with E-state index in [9.17, 15) is 4.79 Å². The van der Waals surface area contributed by atoms with Crippen molar-refractivity contribution in [1.29, 1.82) is 0 Å². The fraction of sp³-hybridized carbons (Fsp3) is 0.500. The van der Waals surface area contributed by atoms with E-state index in [0.29, 0.717) is 16.5 Å². The molecule has 5 heteroatoms. The first-order chi connectivity index (χ1) is 9.11. The Morgan fingerprint density at radius 2 is 2.37 bits per heavy atom. The Morgan fingerprint density at radius 1 is 1.58 bits per heavy atom. The Bertz CT molecular complexity index is 465. The van der Waals surface area contributed by atoms with Crippen LogP contribution in [0.4, 0.5) is 0 Å². The summed E-state index contributed by atoms with van der Waals surface area (Å²) in [5.41, 5.74) is 0.584. The highest BCUT2D eigenvalue weighted by molar-refractivity contribution is 9.10. The molecule has 0 radical (unpaired) electrons. The van der Waals surface area contributed by atoms with E-state index in [0.717, 1.165) is 30.5 Å². The van der Waals surface area contributed by atoms with Gasteiger partial charge in [-0.1, -0.05) is 27.5 Å². The van der Waals surface area contributed by atoms with Crippen LogP contribution in [-0.2, 0) is 0 Å². The number of amides is 1. The number of nitrogens with zero attached hydrogens (tertiary/aromatic N) is 1.